The van der Waals surface area contributed by atoms with Gasteiger partial charge in [-0.3, -0.25) is 4.79 Å². The number of thiocarbonyl (C=S) groups is 1. The van der Waals surface area contributed by atoms with Crippen molar-refractivity contribution in [1.82, 2.24) is 9.97 Å². The number of aromatic nitrogens is 2. The minimum absolute atomic E-state index is 0.248. The van der Waals surface area contributed by atoms with Crippen molar-refractivity contribution in [2.75, 3.05) is 5.32 Å². The summed E-state index contributed by atoms with van der Waals surface area (Å²) in [5.41, 5.74) is 6.62. The zero-order chi connectivity index (χ0) is 13.8. The van der Waals surface area contributed by atoms with Crippen LogP contribution in [0, 0.1) is 0 Å². The molecule has 7 heteroatoms. The van der Waals surface area contributed by atoms with Crippen LogP contribution in [-0.2, 0) is 0 Å². The minimum atomic E-state index is -0.297. The van der Waals surface area contributed by atoms with E-state index in [-0.39, 0.29) is 10.9 Å². The van der Waals surface area contributed by atoms with Crippen LogP contribution >= 0.6 is 28.1 Å². The zero-order valence-corrected chi connectivity index (χ0v) is 12.0. The van der Waals surface area contributed by atoms with Crippen LogP contribution in [-0.4, -0.2) is 20.9 Å². The number of carbonyl (C=O) groups excluding carboxylic acids is 1. The van der Waals surface area contributed by atoms with Gasteiger partial charge in [-0.2, -0.15) is 0 Å². The number of nitrogens with two attached hydrogens (primary N) is 1. The molecule has 19 heavy (non-hydrogen) atoms. The lowest BCUT2D eigenvalue weighted by atomic mass is 10.1. The molecule has 5 nitrogen and oxygen atoms in total. The van der Waals surface area contributed by atoms with Crippen molar-refractivity contribution < 1.29 is 4.79 Å². The van der Waals surface area contributed by atoms with Gasteiger partial charge in [-0.15, -0.1) is 0 Å². The lowest BCUT2D eigenvalue weighted by Gasteiger charge is -2.05. The van der Waals surface area contributed by atoms with Crippen molar-refractivity contribution in [2.24, 2.45) is 5.73 Å². The van der Waals surface area contributed by atoms with Crippen LogP contribution < -0.4 is 11.1 Å². The fourth-order valence-corrected chi connectivity index (χ4v) is 1.71. The van der Waals surface area contributed by atoms with E-state index in [4.69, 9.17) is 18.0 Å². The SMILES string of the molecule is NC(=S)c1cccc(C(=O)Nc2cnc(Br)cn2)c1. The smallest absolute Gasteiger partial charge is 0.256 e. The van der Waals surface area contributed by atoms with E-state index in [1.54, 1.807) is 24.3 Å². The van der Waals surface area contributed by atoms with Crippen molar-refractivity contribution in [3.05, 3.63) is 52.4 Å². The number of rotatable bonds is 3. The second-order valence-corrected chi connectivity index (χ2v) is 4.88. The van der Waals surface area contributed by atoms with Crippen molar-refractivity contribution in [1.29, 1.82) is 0 Å². The molecular formula is C12H9BrN4OS. The average molecular weight is 337 g/mol. The fraction of sp³-hybridized carbons (Fsp3) is 0. The molecule has 2 rings (SSSR count). The largest absolute Gasteiger partial charge is 0.389 e. The van der Waals surface area contributed by atoms with Gasteiger partial charge < -0.3 is 11.1 Å². The summed E-state index contributed by atoms with van der Waals surface area (Å²) in [6.07, 6.45) is 2.96. The van der Waals surface area contributed by atoms with Gasteiger partial charge in [0, 0.05) is 11.1 Å². The maximum Gasteiger partial charge on any atom is 0.256 e. The number of nitrogens with one attached hydrogen (secondary N) is 1. The summed E-state index contributed by atoms with van der Waals surface area (Å²) < 4.78 is 0.598. The standard InChI is InChI=1S/C12H9BrN4OS/c13-9-5-16-10(6-15-9)17-12(18)8-3-1-2-7(4-8)11(14)19/h1-6H,(H2,14,19)(H,16,17,18). The number of hydrogen-bond donors (Lipinski definition) is 2. The molecule has 1 aromatic carbocycles. The molecule has 0 spiro atoms. The Morgan fingerprint density at radius 1 is 1.26 bits per heavy atom. The Hall–Kier alpha value is -1.86. The van der Waals surface area contributed by atoms with Gasteiger partial charge in [0.15, 0.2) is 5.82 Å². The number of amides is 1. The maximum atomic E-state index is 12.0. The van der Waals surface area contributed by atoms with Crippen molar-refractivity contribution in [3.8, 4) is 0 Å². The van der Waals surface area contributed by atoms with E-state index in [1.807, 2.05) is 0 Å². The Bertz CT molecular complexity index is 630. The molecule has 0 aliphatic carbocycles. The predicted molar refractivity (Wildman–Crippen MR) is 80.0 cm³/mol. The number of halogens is 1. The Kier molecular flexibility index (Phi) is 4.18. The molecule has 1 aromatic heterocycles. The quantitative estimate of drug-likeness (QED) is 0.839. The van der Waals surface area contributed by atoms with Crippen molar-refractivity contribution in [3.63, 3.8) is 0 Å². The van der Waals surface area contributed by atoms with E-state index in [2.05, 4.69) is 31.2 Å². The summed E-state index contributed by atoms with van der Waals surface area (Å²) in [4.78, 5) is 20.2. The summed E-state index contributed by atoms with van der Waals surface area (Å²) in [7, 11) is 0. The topological polar surface area (TPSA) is 80.9 Å². The zero-order valence-electron chi connectivity index (χ0n) is 9.63. The molecule has 0 saturated heterocycles. The van der Waals surface area contributed by atoms with Crippen molar-refractivity contribution in [2.45, 2.75) is 0 Å². The number of benzene rings is 1. The summed E-state index contributed by atoms with van der Waals surface area (Å²) in [6.45, 7) is 0. The van der Waals surface area contributed by atoms with Crippen LogP contribution in [0.5, 0.6) is 0 Å². The molecular weight excluding hydrogens is 328 g/mol. The Morgan fingerprint density at radius 2 is 2.00 bits per heavy atom. The van der Waals surface area contributed by atoms with Gasteiger partial charge in [0.05, 0.1) is 12.4 Å². The van der Waals surface area contributed by atoms with Crippen LogP contribution in [0.2, 0.25) is 0 Å². The second-order valence-electron chi connectivity index (χ2n) is 3.62. The van der Waals surface area contributed by atoms with E-state index in [0.717, 1.165) is 0 Å². The highest BCUT2D eigenvalue weighted by Crippen LogP contribution is 2.10. The molecule has 0 unspecified atom stereocenters. The Balaban J connectivity index is 2.18. The number of nitrogens with zero attached hydrogens (tertiary/aromatic N) is 2. The van der Waals surface area contributed by atoms with Gasteiger partial charge in [-0.05, 0) is 28.1 Å². The normalized spacial score (nSPS) is 9.95. The third kappa shape index (κ3) is 3.55. The number of carbonyl (C=O) groups is 1. The third-order valence-electron chi connectivity index (χ3n) is 2.27. The lowest BCUT2D eigenvalue weighted by Crippen LogP contribution is -2.15. The van der Waals surface area contributed by atoms with E-state index in [0.29, 0.717) is 21.5 Å². The fourth-order valence-electron chi connectivity index (χ4n) is 1.38. The molecule has 0 fully saturated rings. The molecule has 0 radical (unpaired) electrons. The van der Waals surface area contributed by atoms with Crippen LogP contribution in [0.1, 0.15) is 15.9 Å². The Morgan fingerprint density at radius 3 is 2.63 bits per heavy atom. The van der Waals surface area contributed by atoms with E-state index in [1.165, 1.54) is 12.4 Å². The molecule has 1 heterocycles. The predicted octanol–water partition coefficient (Wildman–Crippen LogP) is 2.13. The molecule has 2 aromatic rings. The van der Waals surface area contributed by atoms with Gasteiger partial charge in [0.1, 0.15) is 9.59 Å². The molecule has 0 bridgehead atoms. The Labute approximate surface area is 123 Å². The lowest BCUT2D eigenvalue weighted by molar-refractivity contribution is 0.102. The van der Waals surface area contributed by atoms with Gasteiger partial charge in [0.2, 0.25) is 0 Å². The summed E-state index contributed by atoms with van der Waals surface area (Å²) >= 11 is 8.04. The third-order valence-corrected chi connectivity index (χ3v) is 2.92. The maximum absolute atomic E-state index is 12.0. The highest BCUT2D eigenvalue weighted by atomic mass is 79.9. The van der Waals surface area contributed by atoms with Crippen LogP contribution in [0.25, 0.3) is 0 Å². The minimum Gasteiger partial charge on any atom is -0.389 e. The summed E-state index contributed by atoms with van der Waals surface area (Å²) in [5.74, 6) is 0.0728. The van der Waals surface area contributed by atoms with Crippen LogP contribution in [0.15, 0.2) is 41.3 Å². The van der Waals surface area contributed by atoms with Gasteiger partial charge >= 0.3 is 0 Å². The molecule has 96 valence electrons. The highest BCUT2D eigenvalue weighted by molar-refractivity contribution is 9.10. The second kappa shape index (κ2) is 5.85. The van der Waals surface area contributed by atoms with Crippen LogP contribution in [0.3, 0.4) is 0 Å². The first-order valence-electron chi connectivity index (χ1n) is 5.25. The van der Waals surface area contributed by atoms with E-state index >= 15 is 0 Å². The molecule has 0 saturated carbocycles. The first-order valence-corrected chi connectivity index (χ1v) is 6.45. The van der Waals surface area contributed by atoms with E-state index in [9.17, 15) is 4.79 Å². The first-order chi connectivity index (χ1) is 9.06. The molecule has 0 atom stereocenters. The van der Waals surface area contributed by atoms with Crippen molar-refractivity contribution >= 4 is 44.9 Å². The first kappa shape index (κ1) is 13.6. The van der Waals surface area contributed by atoms with Gasteiger partial charge in [0.25, 0.3) is 5.91 Å². The monoisotopic (exact) mass is 336 g/mol. The van der Waals surface area contributed by atoms with Gasteiger partial charge in [-0.25, -0.2) is 9.97 Å². The number of anilines is 1. The van der Waals surface area contributed by atoms with Crippen LogP contribution in [0.4, 0.5) is 5.82 Å². The van der Waals surface area contributed by atoms with Gasteiger partial charge in [-0.1, -0.05) is 24.4 Å². The molecule has 3 N–H and O–H groups in total. The highest BCUT2D eigenvalue weighted by Gasteiger charge is 2.08. The molecule has 1 amide bonds. The summed E-state index contributed by atoms with van der Waals surface area (Å²) in [6, 6.07) is 6.77. The summed E-state index contributed by atoms with van der Waals surface area (Å²) in [5, 5.41) is 2.63. The molecule has 0 aliphatic rings. The van der Waals surface area contributed by atoms with E-state index < -0.39 is 0 Å². The average Bonchev–Trinajstić information content (AvgIpc) is 2.41. The number of hydrogen-bond acceptors (Lipinski definition) is 4. The molecule has 0 aliphatic heterocycles.